The minimum atomic E-state index is -8.16. The lowest BCUT2D eigenvalue weighted by atomic mass is 9.98. The van der Waals surface area contributed by atoms with Gasteiger partial charge in [-0.2, -0.15) is 61.4 Å². The molecule has 0 aromatic carbocycles. The third-order valence-corrected chi connectivity index (χ3v) is 6.18. The van der Waals surface area contributed by atoms with Crippen molar-refractivity contribution in [1.29, 1.82) is 0 Å². The molecule has 0 fully saturated rings. The molecule has 0 saturated heterocycles. The van der Waals surface area contributed by atoms with Crippen LogP contribution in [0.2, 0.25) is 0 Å². The molecule has 4 nitrogen and oxygen atoms in total. The highest BCUT2D eigenvalue weighted by atomic mass is 32.2. The normalized spacial score (nSPS) is 16.1. The second kappa shape index (κ2) is 8.63. The summed E-state index contributed by atoms with van der Waals surface area (Å²) in [5, 5.41) is -7.19. The fourth-order valence-corrected chi connectivity index (χ4v) is 3.73. The molecule has 32 heavy (non-hydrogen) atoms. The topological polar surface area (TPSA) is 37.4 Å². The fourth-order valence-electron chi connectivity index (χ4n) is 2.25. The first-order valence-corrected chi connectivity index (χ1v) is 9.86. The SMILES string of the molecule is CCN(CCC[N+](C)(C)C)S(=O)(=O)C(F)(F)C(F)(F)C(F)(F)C(F)(F)C(F)(F)C(F)(F)F. The molecule has 194 valence electrons. The Morgan fingerprint density at radius 2 is 1.06 bits per heavy atom. The van der Waals surface area contributed by atoms with Crippen LogP contribution in [0.25, 0.3) is 0 Å². The van der Waals surface area contributed by atoms with Crippen LogP contribution in [0, 0.1) is 0 Å². The van der Waals surface area contributed by atoms with E-state index in [1.807, 2.05) is 0 Å². The van der Waals surface area contributed by atoms with E-state index in [9.17, 15) is 65.5 Å². The summed E-state index contributed by atoms with van der Waals surface area (Å²) in [6.07, 6.45) is -7.89. The van der Waals surface area contributed by atoms with Gasteiger partial charge in [0.25, 0.3) is 10.0 Å². The third-order valence-electron chi connectivity index (χ3n) is 4.16. The first-order valence-electron chi connectivity index (χ1n) is 8.42. The lowest BCUT2D eigenvalue weighted by Crippen LogP contribution is -2.71. The van der Waals surface area contributed by atoms with Crippen LogP contribution in [0.15, 0.2) is 0 Å². The highest BCUT2D eigenvalue weighted by Crippen LogP contribution is 2.61. The average molecular weight is 527 g/mol. The van der Waals surface area contributed by atoms with Gasteiger partial charge in [-0.15, -0.1) is 0 Å². The van der Waals surface area contributed by atoms with Crippen molar-refractivity contribution in [1.82, 2.24) is 4.31 Å². The summed E-state index contributed by atoms with van der Waals surface area (Å²) in [5.41, 5.74) is 0. The highest BCUT2D eigenvalue weighted by molar-refractivity contribution is 7.90. The molecule has 0 spiro atoms. The van der Waals surface area contributed by atoms with Crippen molar-refractivity contribution in [2.24, 2.45) is 0 Å². The molecular weight excluding hydrogens is 507 g/mol. The number of alkyl halides is 13. The fraction of sp³-hybridized carbons (Fsp3) is 1.00. The van der Waals surface area contributed by atoms with E-state index in [-0.39, 0.29) is 17.4 Å². The molecule has 0 atom stereocenters. The number of sulfonamides is 1. The zero-order valence-electron chi connectivity index (χ0n) is 16.9. The molecule has 0 radical (unpaired) electrons. The molecule has 0 unspecified atom stereocenters. The number of quaternary nitrogens is 1. The van der Waals surface area contributed by atoms with Crippen LogP contribution >= 0.6 is 0 Å². The second-order valence-electron chi connectivity index (χ2n) is 7.68. The van der Waals surface area contributed by atoms with Crippen LogP contribution in [-0.2, 0) is 10.0 Å². The minimum Gasteiger partial charge on any atom is -0.331 e. The van der Waals surface area contributed by atoms with E-state index in [0.717, 1.165) is 6.92 Å². The molecule has 0 heterocycles. The maximum absolute atomic E-state index is 14.1. The number of hydrogen-bond donors (Lipinski definition) is 0. The summed E-state index contributed by atoms with van der Waals surface area (Å²) in [4.78, 5) is 0. The van der Waals surface area contributed by atoms with Crippen molar-refractivity contribution in [3.63, 3.8) is 0 Å². The number of nitrogens with zero attached hydrogens (tertiary/aromatic N) is 2. The van der Waals surface area contributed by atoms with E-state index in [1.165, 1.54) is 21.1 Å². The Balaban J connectivity index is 6.41. The van der Waals surface area contributed by atoms with Crippen LogP contribution in [0.5, 0.6) is 0 Å². The lowest BCUT2D eigenvalue weighted by molar-refractivity contribution is -0.870. The van der Waals surface area contributed by atoms with Crippen LogP contribution in [-0.4, -0.2) is 93.1 Å². The van der Waals surface area contributed by atoms with Gasteiger partial charge in [0.05, 0.1) is 27.7 Å². The largest absolute Gasteiger partial charge is 0.460 e. The van der Waals surface area contributed by atoms with E-state index >= 15 is 0 Å². The van der Waals surface area contributed by atoms with Gasteiger partial charge in [-0.05, 0) is 0 Å². The Kier molecular flexibility index (Phi) is 8.35. The van der Waals surface area contributed by atoms with Crippen LogP contribution in [0.3, 0.4) is 0 Å². The summed E-state index contributed by atoms with van der Waals surface area (Å²) in [5.74, 6) is -32.1. The monoisotopic (exact) mass is 527 g/mol. The van der Waals surface area contributed by atoms with Gasteiger partial charge in [0.2, 0.25) is 0 Å². The van der Waals surface area contributed by atoms with Gasteiger partial charge in [-0.3, -0.25) is 0 Å². The molecule has 0 rings (SSSR count). The van der Waals surface area contributed by atoms with Crippen molar-refractivity contribution in [3.8, 4) is 0 Å². The standard InChI is InChI=1S/C14H20F13N2O2S/c1-5-28(7-6-8-29(2,3)4)32(30,31)14(26,27)12(21,22)10(17,18)9(15,16)11(19,20)13(23,24)25/h5-8H2,1-4H3/q+1. The summed E-state index contributed by atoms with van der Waals surface area (Å²) in [6, 6.07) is 0. The summed E-state index contributed by atoms with van der Waals surface area (Å²) >= 11 is 0. The van der Waals surface area contributed by atoms with Crippen LogP contribution < -0.4 is 0 Å². The molecule has 0 aromatic rings. The van der Waals surface area contributed by atoms with Crippen molar-refractivity contribution in [2.75, 3.05) is 40.8 Å². The molecule has 0 saturated carbocycles. The zero-order valence-corrected chi connectivity index (χ0v) is 17.7. The maximum Gasteiger partial charge on any atom is 0.460 e. The van der Waals surface area contributed by atoms with Gasteiger partial charge in [0, 0.05) is 19.5 Å². The third kappa shape index (κ3) is 4.90. The number of hydrogen-bond acceptors (Lipinski definition) is 2. The number of rotatable bonds is 11. The molecule has 18 heteroatoms. The molecule has 0 amide bonds. The molecule has 0 bridgehead atoms. The molecule has 0 aliphatic rings. The van der Waals surface area contributed by atoms with E-state index in [4.69, 9.17) is 0 Å². The Labute approximate surface area is 174 Å². The predicted octanol–water partition coefficient (Wildman–Crippen LogP) is 4.43. The highest BCUT2D eigenvalue weighted by Gasteiger charge is 2.92. The average Bonchev–Trinajstić information content (AvgIpc) is 2.55. The predicted molar refractivity (Wildman–Crippen MR) is 84.5 cm³/mol. The minimum absolute atomic E-state index is 0.0278. The summed E-state index contributed by atoms with van der Waals surface area (Å²) < 4.78 is 195. The van der Waals surface area contributed by atoms with Gasteiger partial charge in [0.15, 0.2) is 0 Å². The van der Waals surface area contributed by atoms with Crippen molar-refractivity contribution in [2.45, 2.75) is 48.5 Å². The molecule has 0 N–H and O–H groups in total. The maximum atomic E-state index is 14.1. The van der Waals surface area contributed by atoms with Gasteiger partial charge >= 0.3 is 35.1 Å². The second-order valence-corrected chi connectivity index (χ2v) is 9.66. The van der Waals surface area contributed by atoms with Gasteiger partial charge in [0.1, 0.15) is 0 Å². The summed E-state index contributed by atoms with van der Waals surface area (Å²) in [7, 11) is -2.33. The molecule has 0 aliphatic carbocycles. The van der Waals surface area contributed by atoms with E-state index in [2.05, 4.69) is 0 Å². The van der Waals surface area contributed by atoms with Gasteiger partial charge < -0.3 is 4.48 Å². The quantitative estimate of drug-likeness (QED) is 0.295. The Morgan fingerprint density at radius 1 is 0.688 bits per heavy atom. The molecule has 0 aromatic heterocycles. The molecular formula is C14H20F13N2O2S+. The van der Waals surface area contributed by atoms with Crippen molar-refractivity contribution < 1.29 is 70.0 Å². The van der Waals surface area contributed by atoms with Crippen molar-refractivity contribution in [3.05, 3.63) is 0 Å². The summed E-state index contributed by atoms with van der Waals surface area (Å²) in [6.45, 7) is -1.26. The molecule has 0 aliphatic heterocycles. The lowest BCUT2D eigenvalue weighted by Gasteiger charge is -2.40. The van der Waals surface area contributed by atoms with E-state index in [1.54, 1.807) is 0 Å². The smallest absolute Gasteiger partial charge is 0.331 e. The number of halogens is 13. The van der Waals surface area contributed by atoms with E-state index < -0.39 is 62.5 Å². The first kappa shape index (κ1) is 31.0. The first-order chi connectivity index (χ1) is 13.7. The van der Waals surface area contributed by atoms with Gasteiger partial charge in [-0.25, -0.2) is 8.42 Å². The Bertz CT molecular complexity index is 758. The Hall–Kier alpha value is -1.04. The van der Waals surface area contributed by atoms with Crippen molar-refractivity contribution >= 4 is 10.0 Å². The van der Waals surface area contributed by atoms with Crippen LogP contribution in [0.1, 0.15) is 13.3 Å². The zero-order chi connectivity index (χ0) is 26.4. The van der Waals surface area contributed by atoms with Gasteiger partial charge in [-0.1, -0.05) is 6.92 Å². The van der Waals surface area contributed by atoms with Crippen LogP contribution in [0.4, 0.5) is 57.1 Å². The van der Waals surface area contributed by atoms with E-state index in [0.29, 0.717) is 0 Å². The Morgan fingerprint density at radius 3 is 1.38 bits per heavy atom.